The summed E-state index contributed by atoms with van der Waals surface area (Å²) in [5.41, 5.74) is 0.525. The number of piperidine rings is 1. The fourth-order valence-electron chi connectivity index (χ4n) is 3.85. The van der Waals surface area contributed by atoms with Crippen molar-refractivity contribution in [2.75, 3.05) is 0 Å². The van der Waals surface area contributed by atoms with Gasteiger partial charge in [0.15, 0.2) is 0 Å². The summed E-state index contributed by atoms with van der Waals surface area (Å²) < 4.78 is 5.54. The SMILES string of the molecule is Cc1cccc(C#CC2(O)C[C@H]3CC[C@@H](C2)N3C(=O)OC(C)(C)C)c1. The molecule has 1 aromatic rings. The van der Waals surface area contributed by atoms with Crippen LogP contribution in [0.1, 0.15) is 57.6 Å². The van der Waals surface area contributed by atoms with Crippen molar-refractivity contribution in [3.05, 3.63) is 35.4 Å². The average molecular weight is 341 g/mol. The summed E-state index contributed by atoms with van der Waals surface area (Å²) in [6, 6.07) is 7.97. The van der Waals surface area contributed by atoms with Crippen molar-refractivity contribution >= 4 is 6.09 Å². The average Bonchev–Trinajstić information content (AvgIpc) is 2.77. The number of carbonyl (C=O) groups excluding carboxylic acids is 1. The molecule has 25 heavy (non-hydrogen) atoms. The molecule has 3 atom stereocenters. The minimum atomic E-state index is -1.03. The molecule has 0 saturated carbocycles. The molecule has 1 N–H and O–H groups in total. The highest BCUT2D eigenvalue weighted by molar-refractivity contribution is 5.70. The van der Waals surface area contributed by atoms with Crippen LogP contribution in [0, 0.1) is 18.8 Å². The summed E-state index contributed by atoms with van der Waals surface area (Å²) in [5, 5.41) is 11.0. The van der Waals surface area contributed by atoms with Crippen molar-refractivity contribution in [1.82, 2.24) is 4.90 Å². The zero-order chi connectivity index (χ0) is 18.2. The molecule has 2 saturated heterocycles. The molecule has 2 bridgehead atoms. The maximum absolute atomic E-state index is 12.5. The Labute approximate surface area is 150 Å². The van der Waals surface area contributed by atoms with Gasteiger partial charge in [0, 0.05) is 30.5 Å². The zero-order valence-corrected chi connectivity index (χ0v) is 15.5. The summed E-state index contributed by atoms with van der Waals surface area (Å²) in [6.45, 7) is 7.65. The molecule has 0 spiro atoms. The number of ether oxygens (including phenoxy) is 1. The first-order valence-electron chi connectivity index (χ1n) is 8.99. The lowest BCUT2D eigenvalue weighted by Crippen LogP contribution is -2.53. The van der Waals surface area contributed by atoms with E-state index in [0.29, 0.717) is 12.8 Å². The highest BCUT2D eigenvalue weighted by Gasteiger charge is 2.49. The molecule has 1 aromatic carbocycles. The molecule has 2 aliphatic rings. The Morgan fingerprint density at radius 2 is 1.92 bits per heavy atom. The number of carbonyl (C=O) groups is 1. The number of amides is 1. The largest absolute Gasteiger partial charge is 0.444 e. The fraction of sp³-hybridized carbons (Fsp3) is 0.571. The third-order valence-corrected chi connectivity index (χ3v) is 4.83. The molecule has 0 radical (unpaired) electrons. The van der Waals surface area contributed by atoms with Crippen molar-refractivity contribution in [3.63, 3.8) is 0 Å². The smallest absolute Gasteiger partial charge is 0.410 e. The van der Waals surface area contributed by atoms with E-state index in [1.54, 1.807) is 0 Å². The number of fused-ring (bicyclic) bond motifs is 2. The van der Waals surface area contributed by atoms with Crippen LogP contribution < -0.4 is 0 Å². The molecule has 0 aromatic heterocycles. The van der Waals surface area contributed by atoms with Gasteiger partial charge in [-0.15, -0.1) is 0 Å². The Morgan fingerprint density at radius 3 is 2.48 bits per heavy atom. The third-order valence-electron chi connectivity index (χ3n) is 4.83. The van der Waals surface area contributed by atoms with Crippen LogP contribution >= 0.6 is 0 Å². The second-order valence-corrected chi connectivity index (χ2v) is 8.33. The quantitative estimate of drug-likeness (QED) is 0.733. The monoisotopic (exact) mass is 341 g/mol. The molecule has 2 fully saturated rings. The van der Waals surface area contributed by atoms with E-state index in [0.717, 1.165) is 24.0 Å². The van der Waals surface area contributed by atoms with Crippen molar-refractivity contribution in [1.29, 1.82) is 0 Å². The van der Waals surface area contributed by atoms with Gasteiger partial charge in [0.1, 0.15) is 11.2 Å². The van der Waals surface area contributed by atoms with Gasteiger partial charge in [-0.05, 0) is 58.2 Å². The summed E-state index contributed by atoms with van der Waals surface area (Å²) in [6.07, 6.45) is 2.51. The van der Waals surface area contributed by atoms with Crippen molar-refractivity contribution in [2.24, 2.45) is 0 Å². The van der Waals surface area contributed by atoms with Crippen LogP contribution in [0.5, 0.6) is 0 Å². The van der Waals surface area contributed by atoms with Gasteiger partial charge < -0.3 is 14.7 Å². The Morgan fingerprint density at radius 1 is 1.28 bits per heavy atom. The Bertz CT molecular complexity index is 709. The number of aliphatic hydroxyl groups is 1. The summed E-state index contributed by atoms with van der Waals surface area (Å²) in [5.74, 6) is 6.19. The second-order valence-electron chi connectivity index (χ2n) is 8.33. The van der Waals surface area contributed by atoms with E-state index in [2.05, 4.69) is 11.8 Å². The predicted octanol–water partition coefficient (Wildman–Crippen LogP) is 3.64. The molecule has 1 unspecified atom stereocenters. The standard InChI is InChI=1S/C21H27NO3/c1-15-6-5-7-16(12-15)10-11-21(24)13-17-8-9-18(14-21)22(17)19(23)25-20(2,3)4/h5-7,12,17-18,24H,8-9,13-14H2,1-4H3/t17-,18+,21?. The van der Waals surface area contributed by atoms with Gasteiger partial charge in [0.25, 0.3) is 0 Å². The van der Waals surface area contributed by atoms with Crippen LogP contribution in [0.25, 0.3) is 0 Å². The van der Waals surface area contributed by atoms with Crippen molar-refractivity contribution < 1.29 is 14.6 Å². The fourth-order valence-corrected chi connectivity index (χ4v) is 3.85. The van der Waals surface area contributed by atoms with Gasteiger partial charge in [-0.3, -0.25) is 0 Å². The number of hydrogen-bond acceptors (Lipinski definition) is 3. The van der Waals surface area contributed by atoms with Gasteiger partial charge in [0.05, 0.1) is 0 Å². The zero-order valence-electron chi connectivity index (χ0n) is 15.5. The Balaban J connectivity index is 1.74. The Kier molecular flexibility index (Phi) is 4.55. The van der Waals surface area contributed by atoms with Gasteiger partial charge in [-0.1, -0.05) is 24.0 Å². The lowest BCUT2D eigenvalue weighted by Gasteiger charge is -2.41. The lowest BCUT2D eigenvalue weighted by molar-refractivity contribution is -0.0309. The number of benzene rings is 1. The third kappa shape index (κ3) is 4.16. The van der Waals surface area contributed by atoms with Crippen molar-refractivity contribution in [2.45, 2.75) is 76.7 Å². The van der Waals surface area contributed by atoms with E-state index in [1.807, 2.05) is 56.9 Å². The second kappa shape index (κ2) is 6.38. The first-order chi connectivity index (χ1) is 11.7. The number of aryl methyl sites for hydroxylation is 1. The summed E-state index contributed by atoms with van der Waals surface area (Å²) >= 11 is 0. The van der Waals surface area contributed by atoms with Crippen LogP contribution in [-0.4, -0.2) is 39.4 Å². The normalized spacial score (nSPS) is 28.3. The van der Waals surface area contributed by atoms with E-state index in [9.17, 15) is 9.90 Å². The maximum atomic E-state index is 12.5. The Hall–Kier alpha value is -1.99. The molecule has 2 heterocycles. The highest BCUT2D eigenvalue weighted by atomic mass is 16.6. The van der Waals surface area contributed by atoms with Crippen LogP contribution in [0.4, 0.5) is 4.79 Å². The highest BCUT2D eigenvalue weighted by Crippen LogP contribution is 2.41. The molecule has 1 amide bonds. The first-order valence-corrected chi connectivity index (χ1v) is 8.99. The molecular weight excluding hydrogens is 314 g/mol. The molecule has 4 nitrogen and oxygen atoms in total. The molecule has 134 valence electrons. The number of rotatable bonds is 0. The number of hydrogen-bond donors (Lipinski definition) is 1. The molecule has 3 rings (SSSR count). The van der Waals surface area contributed by atoms with Crippen LogP contribution in [-0.2, 0) is 4.74 Å². The van der Waals surface area contributed by atoms with E-state index in [-0.39, 0.29) is 18.2 Å². The topological polar surface area (TPSA) is 49.8 Å². The van der Waals surface area contributed by atoms with E-state index < -0.39 is 11.2 Å². The van der Waals surface area contributed by atoms with Gasteiger partial charge in [0.2, 0.25) is 0 Å². The van der Waals surface area contributed by atoms with Gasteiger partial charge >= 0.3 is 6.09 Å². The minimum Gasteiger partial charge on any atom is -0.444 e. The molecule has 2 aliphatic heterocycles. The van der Waals surface area contributed by atoms with Crippen LogP contribution in [0.2, 0.25) is 0 Å². The van der Waals surface area contributed by atoms with E-state index in [4.69, 9.17) is 4.74 Å². The summed E-state index contributed by atoms with van der Waals surface area (Å²) in [7, 11) is 0. The minimum absolute atomic E-state index is 0.00501. The number of nitrogens with zero attached hydrogens (tertiary/aromatic N) is 1. The van der Waals surface area contributed by atoms with Crippen molar-refractivity contribution in [3.8, 4) is 11.8 Å². The molecular formula is C21H27NO3. The van der Waals surface area contributed by atoms with Crippen LogP contribution in [0.15, 0.2) is 24.3 Å². The van der Waals surface area contributed by atoms with E-state index in [1.165, 1.54) is 0 Å². The summed E-state index contributed by atoms with van der Waals surface area (Å²) in [4.78, 5) is 14.3. The van der Waals surface area contributed by atoms with Gasteiger partial charge in [-0.2, -0.15) is 0 Å². The lowest BCUT2D eigenvalue weighted by atomic mass is 9.86. The molecule has 4 heteroatoms. The molecule has 0 aliphatic carbocycles. The van der Waals surface area contributed by atoms with Gasteiger partial charge in [-0.25, -0.2) is 4.79 Å². The maximum Gasteiger partial charge on any atom is 0.410 e. The first kappa shape index (κ1) is 17.8. The van der Waals surface area contributed by atoms with E-state index >= 15 is 0 Å². The predicted molar refractivity (Wildman–Crippen MR) is 97.1 cm³/mol. The van der Waals surface area contributed by atoms with Crippen LogP contribution in [0.3, 0.4) is 0 Å².